The highest BCUT2D eigenvalue weighted by molar-refractivity contribution is 9.10. The minimum Gasteiger partial charge on any atom is -0.244 e. The minimum atomic E-state index is -0.278. The monoisotopic (exact) mass is 303 g/mol. The lowest BCUT2D eigenvalue weighted by atomic mass is 10.2. The van der Waals surface area contributed by atoms with Gasteiger partial charge in [0.15, 0.2) is 0 Å². The molecule has 0 saturated carbocycles. The third-order valence-corrected chi connectivity index (χ3v) is 2.98. The molecule has 6 heteroatoms. The Labute approximate surface area is 105 Å². The van der Waals surface area contributed by atoms with Gasteiger partial charge in [-0.15, -0.1) is 11.6 Å². The van der Waals surface area contributed by atoms with Crippen molar-refractivity contribution >= 4 is 27.5 Å². The molecule has 3 nitrogen and oxygen atoms in total. The number of nitrogens with zero attached hydrogens (tertiary/aromatic N) is 3. The molecule has 84 valence electrons. The molecule has 2 rings (SSSR count). The zero-order valence-corrected chi connectivity index (χ0v) is 10.5. The normalized spacial score (nSPS) is 10.7. The van der Waals surface area contributed by atoms with E-state index in [0.717, 1.165) is 5.56 Å². The van der Waals surface area contributed by atoms with E-state index in [2.05, 4.69) is 26.0 Å². The molecule has 0 bridgehead atoms. The third-order valence-electron chi connectivity index (χ3n) is 2.13. The van der Waals surface area contributed by atoms with Gasteiger partial charge in [-0.2, -0.15) is 5.10 Å². The van der Waals surface area contributed by atoms with Crippen molar-refractivity contribution < 1.29 is 4.39 Å². The average molecular weight is 305 g/mol. The van der Waals surface area contributed by atoms with Crippen molar-refractivity contribution in [2.75, 3.05) is 0 Å². The van der Waals surface area contributed by atoms with Crippen molar-refractivity contribution in [2.45, 2.75) is 12.4 Å². The Morgan fingerprint density at radius 2 is 2.25 bits per heavy atom. The number of benzene rings is 1. The molecule has 0 amide bonds. The molecular formula is C10H8BrClFN3. The summed E-state index contributed by atoms with van der Waals surface area (Å²) in [6.07, 6.45) is 1.45. The molecule has 0 unspecified atom stereocenters. The van der Waals surface area contributed by atoms with Gasteiger partial charge in [0.25, 0.3) is 0 Å². The van der Waals surface area contributed by atoms with Gasteiger partial charge in [-0.3, -0.25) is 0 Å². The summed E-state index contributed by atoms with van der Waals surface area (Å²) < 4.78 is 15.1. The van der Waals surface area contributed by atoms with E-state index in [1.165, 1.54) is 12.4 Å². The number of hydrogen-bond acceptors (Lipinski definition) is 2. The Morgan fingerprint density at radius 3 is 2.94 bits per heavy atom. The molecule has 0 fully saturated rings. The van der Waals surface area contributed by atoms with Crippen LogP contribution in [0.4, 0.5) is 4.39 Å². The maximum absolute atomic E-state index is 13.0. The van der Waals surface area contributed by atoms with Gasteiger partial charge in [0.05, 0.1) is 16.9 Å². The third kappa shape index (κ3) is 2.41. The van der Waals surface area contributed by atoms with E-state index in [0.29, 0.717) is 22.7 Å². The minimum absolute atomic E-state index is 0.278. The lowest BCUT2D eigenvalue weighted by Crippen LogP contribution is -2.05. The smallest absolute Gasteiger partial charge is 0.142 e. The first kappa shape index (κ1) is 11.5. The molecule has 0 saturated heterocycles. The molecule has 0 spiro atoms. The quantitative estimate of drug-likeness (QED) is 0.816. The zero-order valence-electron chi connectivity index (χ0n) is 8.20. The SMILES string of the molecule is Fc1ccc(Cn2ncnc2CCl)cc1Br. The first-order chi connectivity index (χ1) is 7.70. The van der Waals surface area contributed by atoms with Crippen LogP contribution >= 0.6 is 27.5 Å². The van der Waals surface area contributed by atoms with Crippen LogP contribution in [0.1, 0.15) is 11.4 Å². The Hall–Kier alpha value is -0.940. The fourth-order valence-corrected chi connectivity index (χ4v) is 1.97. The zero-order chi connectivity index (χ0) is 11.5. The molecular weight excluding hydrogens is 296 g/mol. The largest absolute Gasteiger partial charge is 0.244 e. The molecule has 1 aromatic carbocycles. The summed E-state index contributed by atoms with van der Waals surface area (Å²) >= 11 is 8.84. The second-order valence-electron chi connectivity index (χ2n) is 3.22. The lowest BCUT2D eigenvalue weighted by molar-refractivity contribution is 0.615. The number of alkyl halides is 1. The van der Waals surface area contributed by atoms with Gasteiger partial charge >= 0.3 is 0 Å². The number of aromatic nitrogens is 3. The average Bonchev–Trinajstić information content (AvgIpc) is 2.71. The van der Waals surface area contributed by atoms with Crippen molar-refractivity contribution in [1.29, 1.82) is 0 Å². The number of hydrogen-bond donors (Lipinski definition) is 0. The van der Waals surface area contributed by atoms with Crippen LogP contribution in [0.15, 0.2) is 29.0 Å². The van der Waals surface area contributed by atoms with Gasteiger partial charge in [-0.25, -0.2) is 14.1 Å². The molecule has 1 heterocycles. The Bertz CT molecular complexity index is 501. The van der Waals surface area contributed by atoms with Gasteiger partial charge in [0.1, 0.15) is 18.0 Å². The van der Waals surface area contributed by atoms with E-state index in [-0.39, 0.29) is 5.82 Å². The summed E-state index contributed by atoms with van der Waals surface area (Å²) in [6.45, 7) is 0.529. The summed E-state index contributed by atoms with van der Waals surface area (Å²) in [5, 5.41) is 4.05. The van der Waals surface area contributed by atoms with Crippen molar-refractivity contribution in [1.82, 2.24) is 14.8 Å². The summed E-state index contributed by atoms with van der Waals surface area (Å²) in [7, 11) is 0. The van der Waals surface area contributed by atoms with Gasteiger partial charge in [0.2, 0.25) is 0 Å². The maximum Gasteiger partial charge on any atom is 0.142 e. The summed E-state index contributed by atoms with van der Waals surface area (Å²) in [5.41, 5.74) is 0.935. The highest BCUT2D eigenvalue weighted by Gasteiger charge is 2.05. The molecule has 2 aromatic rings. The highest BCUT2D eigenvalue weighted by atomic mass is 79.9. The van der Waals surface area contributed by atoms with E-state index >= 15 is 0 Å². The summed E-state index contributed by atoms with van der Waals surface area (Å²) in [5.74, 6) is 0.726. The molecule has 16 heavy (non-hydrogen) atoms. The standard InChI is InChI=1S/C10H8BrClFN3/c11-8-3-7(1-2-9(8)13)5-16-10(4-12)14-6-15-16/h1-3,6H,4-5H2. The molecule has 0 N–H and O–H groups in total. The van der Waals surface area contributed by atoms with E-state index in [1.807, 2.05) is 0 Å². The topological polar surface area (TPSA) is 30.7 Å². The number of rotatable bonds is 3. The van der Waals surface area contributed by atoms with E-state index in [9.17, 15) is 4.39 Å². The van der Waals surface area contributed by atoms with Gasteiger partial charge < -0.3 is 0 Å². The van der Waals surface area contributed by atoms with Crippen LogP contribution in [0.2, 0.25) is 0 Å². The van der Waals surface area contributed by atoms with Gasteiger partial charge in [-0.05, 0) is 33.6 Å². The van der Waals surface area contributed by atoms with Crippen LogP contribution in [0.25, 0.3) is 0 Å². The van der Waals surface area contributed by atoms with Crippen LogP contribution in [0.3, 0.4) is 0 Å². The molecule has 0 radical (unpaired) electrons. The van der Waals surface area contributed by atoms with Crippen molar-refractivity contribution in [3.63, 3.8) is 0 Å². The second kappa shape index (κ2) is 4.93. The fourth-order valence-electron chi connectivity index (χ4n) is 1.33. The molecule has 0 atom stereocenters. The Morgan fingerprint density at radius 1 is 1.44 bits per heavy atom. The Kier molecular flexibility index (Phi) is 3.56. The van der Waals surface area contributed by atoms with Gasteiger partial charge in [0, 0.05) is 0 Å². The highest BCUT2D eigenvalue weighted by Crippen LogP contribution is 2.17. The van der Waals surface area contributed by atoms with Crippen LogP contribution in [0, 0.1) is 5.82 Å². The fraction of sp³-hybridized carbons (Fsp3) is 0.200. The van der Waals surface area contributed by atoms with E-state index < -0.39 is 0 Å². The van der Waals surface area contributed by atoms with Crippen LogP contribution in [-0.4, -0.2) is 14.8 Å². The summed E-state index contributed by atoms with van der Waals surface area (Å²) in [6, 6.07) is 4.84. The van der Waals surface area contributed by atoms with Crippen LogP contribution in [-0.2, 0) is 12.4 Å². The number of halogens is 3. The summed E-state index contributed by atoms with van der Waals surface area (Å²) in [4.78, 5) is 4.00. The maximum atomic E-state index is 13.0. The van der Waals surface area contributed by atoms with Crippen molar-refractivity contribution in [3.8, 4) is 0 Å². The molecule has 0 aliphatic rings. The Balaban J connectivity index is 2.24. The van der Waals surface area contributed by atoms with E-state index in [4.69, 9.17) is 11.6 Å². The van der Waals surface area contributed by atoms with Gasteiger partial charge in [-0.1, -0.05) is 6.07 Å². The first-order valence-electron chi connectivity index (χ1n) is 4.57. The predicted molar refractivity (Wildman–Crippen MR) is 62.8 cm³/mol. The van der Waals surface area contributed by atoms with Crippen LogP contribution < -0.4 is 0 Å². The molecule has 0 aliphatic carbocycles. The first-order valence-corrected chi connectivity index (χ1v) is 5.90. The van der Waals surface area contributed by atoms with Crippen molar-refractivity contribution in [2.24, 2.45) is 0 Å². The van der Waals surface area contributed by atoms with E-state index in [1.54, 1.807) is 16.8 Å². The second-order valence-corrected chi connectivity index (χ2v) is 4.34. The predicted octanol–water partition coefficient (Wildman–Crippen LogP) is 2.97. The molecule has 0 aliphatic heterocycles. The van der Waals surface area contributed by atoms with Crippen LogP contribution in [0.5, 0.6) is 0 Å². The molecule has 1 aromatic heterocycles. The van der Waals surface area contributed by atoms with Crippen molar-refractivity contribution in [3.05, 3.63) is 46.2 Å². The lowest BCUT2D eigenvalue weighted by Gasteiger charge is -2.05.